The van der Waals surface area contributed by atoms with Gasteiger partial charge in [-0.2, -0.15) is 13.2 Å². The van der Waals surface area contributed by atoms with Crippen molar-refractivity contribution in [1.29, 1.82) is 0 Å². The van der Waals surface area contributed by atoms with Gasteiger partial charge in [0.2, 0.25) is 5.91 Å². The standard InChI is InChI=1S/C21H16ClF3N2O3S/c1-12-2-4-13(5-3-12)10-17-19(29)27(20(30)31-17)9-8-18(28)26-16-11-14(21(23,24)25)6-7-15(16)22/h2-7,10-11H,8-9H2,1H3,(H,26,28)/b17-10+. The van der Waals surface area contributed by atoms with Gasteiger partial charge in [-0.25, -0.2) is 0 Å². The zero-order valence-electron chi connectivity index (χ0n) is 16.1. The van der Waals surface area contributed by atoms with Gasteiger partial charge in [-0.05, 0) is 48.5 Å². The predicted octanol–water partition coefficient (Wildman–Crippen LogP) is 5.73. The Balaban J connectivity index is 1.63. The number of carbonyl (C=O) groups is 3. The molecule has 1 aliphatic heterocycles. The fourth-order valence-electron chi connectivity index (χ4n) is 2.73. The highest BCUT2D eigenvalue weighted by atomic mass is 35.5. The maximum atomic E-state index is 12.8. The summed E-state index contributed by atoms with van der Waals surface area (Å²) in [4.78, 5) is 38.0. The maximum Gasteiger partial charge on any atom is 0.416 e. The van der Waals surface area contributed by atoms with Crippen molar-refractivity contribution in [2.24, 2.45) is 0 Å². The van der Waals surface area contributed by atoms with Gasteiger partial charge < -0.3 is 5.32 Å². The lowest BCUT2D eigenvalue weighted by atomic mass is 10.1. The molecular formula is C21H16ClF3N2O3S. The van der Waals surface area contributed by atoms with Crippen LogP contribution in [0.2, 0.25) is 5.02 Å². The largest absolute Gasteiger partial charge is 0.416 e. The fraction of sp³-hybridized carbons (Fsp3) is 0.190. The Morgan fingerprint density at radius 3 is 2.48 bits per heavy atom. The number of hydrogen-bond acceptors (Lipinski definition) is 4. The lowest BCUT2D eigenvalue weighted by Crippen LogP contribution is -2.31. The number of nitrogens with one attached hydrogen (secondary N) is 1. The molecule has 2 aromatic rings. The summed E-state index contributed by atoms with van der Waals surface area (Å²) in [5, 5.41) is 1.71. The molecule has 0 saturated carbocycles. The van der Waals surface area contributed by atoms with Crippen LogP contribution < -0.4 is 5.32 Å². The number of alkyl halides is 3. The van der Waals surface area contributed by atoms with Crippen LogP contribution in [0.5, 0.6) is 0 Å². The molecule has 1 aliphatic rings. The number of aryl methyl sites for hydroxylation is 1. The first-order valence-electron chi connectivity index (χ1n) is 9.03. The van der Waals surface area contributed by atoms with E-state index in [0.717, 1.165) is 46.0 Å². The predicted molar refractivity (Wildman–Crippen MR) is 114 cm³/mol. The Kier molecular flexibility index (Phi) is 6.76. The lowest BCUT2D eigenvalue weighted by Gasteiger charge is -2.14. The van der Waals surface area contributed by atoms with Crippen LogP contribution in [0.1, 0.15) is 23.1 Å². The molecule has 1 fully saturated rings. The highest BCUT2D eigenvalue weighted by Gasteiger charge is 2.35. The van der Waals surface area contributed by atoms with Gasteiger partial charge in [-0.15, -0.1) is 0 Å². The van der Waals surface area contributed by atoms with Gasteiger partial charge in [0.15, 0.2) is 0 Å². The Morgan fingerprint density at radius 1 is 1.16 bits per heavy atom. The average Bonchev–Trinajstić information content (AvgIpc) is 2.95. The van der Waals surface area contributed by atoms with E-state index in [1.807, 2.05) is 31.2 Å². The van der Waals surface area contributed by atoms with Crippen molar-refractivity contribution >= 4 is 52.2 Å². The molecule has 0 aliphatic carbocycles. The normalized spacial score (nSPS) is 15.6. The van der Waals surface area contributed by atoms with Gasteiger partial charge in [0.1, 0.15) is 0 Å². The van der Waals surface area contributed by atoms with E-state index in [-0.39, 0.29) is 28.6 Å². The maximum absolute atomic E-state index is 12.8. The topological polar surface area (TPSA) is 66.5 Å². The van der Waals surface area contributed by atoms with Crippen molar-refractivity contribution < 1.29 is 27.6 Å². The van der Waals surface area contributed by atoms with Crippen LogP contribution in [0.3, 0.4) is 0 Å². The zero-order chi connectivity index (χ0) is 22.8. The molecule has 3 rings (SSSR count). The third-order valence-corrected chi connectivity index (χ3v) is 5.62. The molecule has 3 amide bonds. The van der Waals surface area contributed by atoms with Crippen molar-refractivity contribution in [3.63, 3.8) is 0 Å². The fourth-order valence-corrected chi connectivity index (χ4v) is 3.76. The van der Waals surface area contributed by atoms with E-state index < -0.39 is 28.8 Å². The van der Waals surface area contributed by atoms with E-state index in [1.54, 1.807) is 6.08 Å². The number of anilines is 1. The van der Waals surface area contributed by atoms with Gasteiger partial charge in [0.05, 0.1) is 21.2 Å². The minimum absolute atomic E-state index is 0.0615. The molecule has 1 saturated heterocycles. The summed E-state index contributed by atoms with van der Waals surface area (Å²) in [5.74, 6) is -1.21. The van der Waals surface area contributed by atoms with Gasteiger partial charge in [-0.1, -0.05) is 41.4 Å². The molecule has 10 heteroatoms. The van der Waals surface area contributed by atoms with Gasteiger partial charge in [0, 0.05) is 13.0 Å². The summed E-state index contributed by atoms with van der Waals surface area (Å²) >= 11 is 6.62. The summed E-state index contributed by atoms with van der Waals surface area (Å²) in [6.07, 6.45) is -3.29. The summed E-state index contributed by atoms with van der Waals surface area (Å²) < 4.78 is 38.5. The SMILES string of the molecule is Cc1ccc(/C=C2/SC(=O)N(CCC(=O)Nc3cc(C(F)(F)F)ccc3Cl)C2=O)cc1. The molecular weight excluding hydrogens is 453 g/mol. The first-order chi connectivity index (χ1) is 14.5. The highest BCUT2D eigenvalue weighted by Crippen LogP contribution is 2.34. The minimum atomic E-state index is -4.59. The van der Waals surface area contributed by atoms with Crippen LogP contribution in [0, 0.1) is 6.92 Å². The van der Waals surface area contributed by atoms with E-state index in [1.165, 1.54) is 0 Å². The van der Waals surface area contributed by atoms with Gasteiger partial charge >= 0.3 is 6.18 Å². The van der Waals surface area contributed by atoms with Crippen LogP contribution >= 0.6 is 23.4 Å². The monoisotopic (exact) mass is 468 g/mol. The van der Waals surface area contributed by atoms with E-state index in [9.17, 15) is 27.6 Å². The Bertz CT molecular complexity index is 1070. The second-order valence-electron chi connectivity index (χ2n) is 6.73. The van der Waals surface area contributed by atoms with Crippen LogP contribution in [0.25, 0.3) is 6.08 Å². The van der Waals surface area contributed by atoms with Crippen molar-refractivity contribution in [2.75, 3.05) is 11.9 Å². The van der Waals surface area contributed by atoms with Crippen LogP contribution in [0.15, 0.2) is 47.4 Å². The highest BCUT2D eigenvalue weighted by molar-refractivity contribution is 8.18. The molecule has 0 aromatic heterocycles. The van der Waals surface area contributed by atoms with E-state index in [2.05, 4.69) is 5.32 Å². The van der Waals surface area contributed by atoms with Crippen molar-refractivity contribution in [3.8, 4) is 0 Å². The summed E-state index contributed by atoms with van der Waals surface area (Å²) in [6.45, 7) is 1.72. The second kappa shape index (κ2) is 9.15. The van der Waals surface area contributed by atoms with Crippen LogP contribution in [0.4, 0.5) is 23.7 Å². The molecule has 1 heterocycles. The Labute approximate surface area is 185 Å². The van der Waals surface area contributed by atoms with Crippen LogP contribution in [-0.4, -0.2) is 28.5 Å². The quantitative estimate of drug-likeness (QED) is 0.569. The zero-order valence-corrected chi connectivity index (χ0v) is 17.7. The molecule has 5 nitrogen and oxygen atoms in total. The smallest absolute Gasteiger partial charge is 0.325 e. The molecule has 2 aromatic carbocycles. The lowest BCUT2D eigenvalue weighted by molar-refractivity contribution is -0.137. The number of rotatable bonds is 5. The van der Waals surface area contributed by atoms with Crippen molar-refractivity contribution in [1.82, 2.24) is 4.90 Å². The third-order valence-electron chi connectivity index (χ3n) is 4.38. The third kappa shape index (κ3) is 5.68. The molecule has 0 unspecified atom stereocenters. The average molecular weight is 469 g/mol. The Morgan fingerprint density at radius 2 is 1.84 bits per heavy atom. The second-order valence-corrected chi connectivity index (χ2v) is 8.13. The molecule has 0 radical (unpaired) electrons. The summed E-state index contributed by atoms with van der Waals surface area (Å²) in [6, 6.07) is 9.94. The van der Waals surface area contributed by atoms with Crippen molar-refractivity contribution in [3.05, 3.63) is 69.1 Å². The number of amides is 3. The number of carbonyl (C=O) groups excluding carboxylic acids is 3. The van der Waals surface area contributed by atoms with E-state index in [4.69, 9.17) is 11.6 Å². The minimum Gasteiger partial charge on any atom is -0.325 e. The Hall–Kier alpha value is -2.78. The van der Waals surface area contributed by atoms with Gasteiger partial charge in [-0.3, -0.25) is 19.3 Å². The number of imide groups is 1. The molecule has 1 N–H and O–H groups in total. The number of thioether (sulfide) groups is 1. The molecule has 31 heavy (non-hydrogen) atoms. The van der Waals surface area contributed by atoms with Gasteiger partial charge in [0.25, 0.3) is 11.1 Å². The van der Waals surface area contributed by atoms with E-state index >= 15 is 0 Å². The molecule has 162 valence electrons. The van der Waals surface area contributed by atoms with Crippen LogP contribution in [-0.2, 0) is 15.8 Å². The number of nitrogens with zero attached hydrogens (tertiary/aromatic N) is 1. The number of halogens is 4. The molecule has 0 bridgehead atoms. The first kappa shape index (κ1) is 22.9. The van der Waals surface area contributed by atoms with E-state index in [0.29, 0.717) is 0 Å². The first-order valence-corrected chi connectivity index (χ1v) is 10.2. The van der Waals surface area contributed by atoms with Crippen molar-refractivity contribution in [2.45, 2.75) is 19.5 Å². The number of benzene rings is 2. The molecule has 0 spiro atoms. The number of hydrogen-bond donors (Lipinski definition) is 1. The summed E-state index contributed by atoms with van der Waals surface area (Å²) in [5.41, 5.74) is 0.652. The summed E-state index contributed by atoms with van der Waals surface area (Å²) in [7, 11) is 0. The molecule has 0 atom stereocenters.